The number of carbonyl (C=O) groups is 1. The standard InChI is InChI=1S/C11H16FN3O/c1-2-6-14-10(16)7-15-9-5-3-4-8(12)11(9)13/h3-5,15H,2,6-7,13H2,1H3,(H,14,16). The number of nitrogen functional groups attached to an aromatic ring is 1. The molecule has 1 aromatic carbocycles. The monoisotopic (exact) mass is 225 g/mol. The fourth-order valence-electron chi connectivity index (χ4n) is 1.19. The number of rotatable bonds is 5. The average molecular weight is 225 g/mol. The topological polar surface area (TPSA) is 67.2 Å². The summed E-state index contributed by atoms with van der Waals surface area (Å²) >= 11 is 0. The molecule has 0 radical (unpaired) electrons. The fraction of sp³-hybridized carbons (Fsp3) is 0.364. The summed E-state index contributed by atoms with van der Waals surface area (Å²) in [7, 11) is 0. The van der Waals surface area contributed by atoms with E-state index in [0.717, 1.165) is 6.42 Å². The number of halogens is 1. The van der Waals surface area contributed by atoms with Gasteiger partial charge in [0.25, 0.3) is 0 Å². The molecule has 0 aliphatic heterocycles. The third-order valence-electron chi connectivity index (χ3n) is 2.06. The normalized spacial score (nSPS) is 9.88. The van der Waals surface area contributed by atoms with Crippen LogP contribution >= 0.6 is 0 Å². The van der Waals surface area contributed by atoms with E-state index in [0.29, 0.717) is 12.2 Å². The molecule has 0 fully saturated rings. The minimum absolute atomic E-state index is 0.0331. The first-order chi connectivity index (χ1) is 7.65. The van der Waals surface area contributed by atoms with Crippen LogP contribution in [0.2, 0.25) is 0 Å². The number of hydrogen-bond acceptors (Lipinski definition) is 3. The SMILES string of the molecule is CCCNC(=O)CNc1cccc(F)c1N. The fourth-order valence-corrected chi connectivity index (χ4v) is 1.19. The zero-order chi connectivity index (χ0) is 12.0. The van der Waals surface area contributed by atoms with E-state index in [1.165, 1.54) is 12.1 Å². The molecule has 16 heavy (non-hydrogen) atoms. The Morgan fingerprint density at radius 2 is 2.25 bits per heavy atom. The van der Waals surface area contributed by atoms with E-state index in [1.54, 1.807) is 6.07 Å². The van der Waals surface area contributed by atoms with Crippen LogP contribution in [0.1, 0.15) is 13.3 Å². The molecule has 1 aromatic rings. The van der Waals surface area contributed by atoms with Crippen molar-refractivity contribution in [2.45, 2.75) is 13.3 Å². The lowest BCUT2D eigenvalue weighted by atomic mass is 10.2. The lowest BCUT2D eigenvalue weighted by Crippen LogP contribution is -2.30. The summed E-state index contributed by atoms with van der Waals surface area (Å²) in [6.45, 7) is 2.70. The highest BCUT2D eigenvalue weighted by molar-refractivity contribution is 5.82. The molecule has 88 valence electrons. The van der Waals surface area contributed by atoms with Crippen molar-refractivity contribution in [2.75, 3.05) is 24.1 Å². The number of anilines is 2. The van der Waals surface area contributed by atoms with Crippen molar-refractivity contribution in [3.05, 3.63) is 24.0 Å². The van der Waals surface area contributed by atoms with Gasteiger partial charge in [-0.25, -0.2) is 4.39 Å². The predicted octanol–water partition coefficient (Wildman–Crippen LogP) is 1.35. The zero-order valence-corrected chi connectivity index (χ0v) is 9.22. The molecule has 0 aliphatic rings. The Morgan fingerprint density at radius 3 is 2.94 bits per heavy atom. The van der Waals surface area contributed by atoms with Crippen LogP contribution < -0.4 is 16.4 Å². The number of nitrogens with two attached hydrogens (primary N) is 1. The Morgan fingerprint density at radius 1 is 1.50 bits per heavy atom. The molecule has 1 rings (SSSR count). The van der Waals surface area contributed by atoms with Crippen molar-refractivity contribution in [3.63, 3.8) is 0 Å². The van der Waals surface area contributed by atoms with E-state index >= 15 is 0 Å². The first kappa shape index (κ1) is 12.3. The molecular weight excluding hydrogens is 209 g/mol. The van der Waals surface area contributed by atoms with Gasteiger partial charge in [0, 0.05) is 6.54 Å². The lowest BCUT2D eigenvalue weighted by Gasteiger charge is -2.09. The van der Waals surface area contributed by atoms with Crippen LogP contribution in [0.15, 0.2) is 18.2 Å². The summed E-state index contributed by atoms with van der Waals surface area (Å²) in [6.07, 6.45) is 0.883. The number of hydrogen-bond donors (Lipinski definition) is 3. The Kier molecular flexibility index (Phi) is 4.57. The second-order valence-electron chi connectivity index (χ2n) is 3.40. The number of nitrogens with one attached hydrogen (secondary N) is 2. The van der Waals surface area contributed by atoms with Crippen molar-refractivity contribution >= 4 is 17.3 Å². The quantitative estimate of drug-likeness (QED) is 0.662. The minimum Gasteiger partial charge on any atom is -0.395 e. The summed E-state index contributed by atoms with van der Waals surface area (Å²) in [5.41, 5.74) is 5.97. The van der Waals surface area contributed by atoms with Crippen LogP contribution in [-0.4, -0.2) is 19.0 Å². The largest absolute Gasteiger partial charge is 0.395 e. The summed E-state index contributed by atoms with van der Waals surface area (Å²) in [6, 6.07) is 4.45. The van der Waals surface area contributed by atoms with Gasteiger partial charge in [0.05, 0.1) is 17.9 Å². The van der Waals surface area contributed by atoms with E-state index in [9.17, 15) is 9.18 Å². The van der Waals surface area contributed by atoms with Gasteiger partial charge in [0.1, 0.15) is 5.82 Å². The van der Waals surface area contributed by atoms with Crippen LogP contribution in [0.4, 0.5) is 15.8 Å². The molecule has 4 N–H and O–H groups in total. The second kappa shape index (κ2) is 5.95. The third kappa shape index (κ3) is 3.42. The molecule has 0 spiro atoms. The molecule has 5 heteroatoms. The first-order valence-corrected chi connectivity index (χ1v) is 5.19. The van der Waals surface area contributed by atoms with Crippen LogP contribution in [0, 0.1) is 5.82 Å². The maximum Gasteiger partial charge on any atom is 0.239 e. The molecule has 4 nitrogen and oxygen atoms in total. The van der Waals surface area contributed by atoms with Gasteiger partial charge < -0.3 is 16.4 Å². The third-order valence-corrected chi connectivity index (χ3v) is 2.06. The van der Waals surface area contributed by atoms with Gasteiger partial charge in [0.2, 0.25) is 5.91 Å². The number of carbonyl (C=O) groups excluding carboxylic acids is 1. The first-order valence-electron chi connectivity index (χ1n) is 5.19. The van der Waals surface area contributed by atoms with Crippen molar-refractivity contribution in [1.29, 1.82) is 0 Å². The van der Waals surface area contributed by atoms with Gasteiger partial charge >= 0.3 is 0 Å². The molecule has 0 saturated heterocycles. The summed E-state index contributed by atoms with van der Waals surface area (Å²) in [4.78, 5) is 11.3. The van der Waals surface area contributed by atoms with Crippen LogP contribution in [0.5, 0.6) is 0 Å². The molecule has 0 unspecified atom stereocenters. The van der Waals surface area contributed by atoms with Gasteiger partial charge in [-0.2, -0.15) is 0 Å². The Labute approximate surface area is 94.0 Å². The van der Waals surface area contributed by atoms with Crippen LogP contribution in [-0.2, 0) is 4.79 Å². The number of benzene rings is 1. The van der Waals surface area contributed by atoms with Gasteiger partial charge in [-0.15, -0.1) is 0 Å². The van der Waals surface area contributed by atoms with Crippen LogP contribution in [0.3, 0.4) is 0 Å². The van der Waals surface area contributed by atoms with Gasteiger partial charge in [0.15, 0.2) is 0 Å². The Bertz CT molecular complexity index is 368. The maximum absolute atomic E-state index is 13.0. The van der Waals surface area contributed by atoms with Crippen LogP contribution in [0.25, 0.3) is 0 Å². The average Bonchev–Trinajstić information content (AvgIpc) is 2.28. The van der Waals surface area contributed by atoms with Gasteiger partial charge in [-0.3, -0.25) is 4.79 Å². The molecule has 1 amide bonds. The Balaban J connectivity index is 2.48. The van der Waals surface area contributed by atoms with E-state index < -0.39 is 5.82 Å². The zero-order valence-electron chi connectivity index (χ0n) is 9.22. The van der Waals surface area contributed by atoms with Crippen molar-refractivity contribution in [2.24, 2.45) is 0 Å². The van der Waals surface area contributed by atoms with Crippen molar-refractivity contribution in [3.8, 4) is 0 Å². The van der Waals surface area contributed by atoms with Gasteiger partial charge in [-0.1, -0.05) is 13.0 Å². The molecule has 0 saturated carbocycles. The number of amides is 1. The summed E-state index contributed by atoms with van der Waals surface area (Å²) in [5, 5.41) is 5.49. The van der Waals surface area contributed by atoms with Crippen molar-refractivity contribution in [1.82, 2.24) is 5.32 Å². The van der Waals surface area contributed by atoms with Crippen molar-refractivity contribution < 1.29 is 9.18 Å². The Hall–Kier alpha value is -1.78. The summed E-state index contributed by atoms with van der Waals surface area (Å²) in [5.74, 6) is -0.621. The highest BCUT2D eigenvalue weighted by Gasteiger charge is 2.05. The molecule has 0 aromatic heterocycles. The smallest absolute Gasteiger partial charge is 0.239 e. The van der Waals surface area contributed by atoms with E-state index in [4.69, 9.17) is 5.73 Å². The van der Waals surface area contributed by atoms with Gasteiger partial charge in [-0.05, 0) is 18.6 Å². The highest BCUT2D eigenvalue weighted by atomic mass is 19.1. The number of para-hydroxylation sites is 1. The molecule has 0 atom stereocenters. The molecule has 0 heterocycles. The maximum atomic E-state index is 13.0. The predicted molar refractivity (Wildman–Crippen MR) is 62.6 cm³/mol. The van der Waals surface area contributed by atoms with E-state index in [2.05, 4.69) is 10.6 Å². The molecule has 0 bridgehead atoms. The van der Waals surface area contributed by atoms with E-state index in [-0.39, 0.29) is 18.1 Å². The summed E-state index contributed by atoms with van der Waals surface area (Å²) < 4.78 is 13.0. The molecule has 0 aliphatic carbocycles. The second-order valence-corrected chi connectivity index (χ2v) is 3.40. The highest BCUT2D eigenvalue weighted by Crippen LogP contribution is 2.20. The van der Waals surface area contributed by atoms with E-state index in [1.807, 2.05) is 6.92 Å². The molecular formula is C11H16FN3O. The lowest BCUT2D eigenvalue weighted by molar-refractivity contribution is -0.119. The minimum atomic E-state index is -0.487.